The molecule has 5 N–H and O–H groups in total. The summed E-state index contributed by atoms with van der Waals surface area (Å²) in [5.74, 6) is -3.36. The number of hydrogen-bond donors (Lipinski definition) is 4. The summed E-state index contributed by atoms with van der Waals surface area (Å²) in [5, 5.41) is 21.6. The number of nitrogens with two attached hydrogens (primary N) is 1. The number of carbonyl (C=O) groups is 2. The van der Waals surface area contributed by atoms with Crippen molar-refractivity contribution in [3.8, 4) is 17.2 Å². The molecule has 3 atom stereocenters. The van der Waals surface area contributed by atoms with Crippen molar-refractivity contribution in [1.29, 1.82) is 0 Å². The minimum absolute atomic E-state index is 0.151. The van der Waals surface area contributed by atoms with Gasteiger partial charge in [-0.3, -0.25) is 19.6 Å². The maximum absolute atomic E-state index is 14.3. The van der Waals surface area contributed by atoms with Crippen LogP contribution in [0.2, 0.25) is 39.3 Å². The maximum atomic E-state index is 14.3. The lowest BCUT2D eigenvalue weighted by molar-refractivity contribution is -0.269. The third-order valence-corrected chi connectivity index (χ3v) is 15.3. The number of nitrogens with zero attached hydrogens (tertiary/aromatic N) is 2. The smallest absolute Gasteiger partial charge is 0.417 e. The van der Waals surface area contributed by atoms with Crippen LogP contribution in [0.1, 0.15) is 102 Å². The number of pyridine rings is 2. The summed E-state index contributed by atoms with van der Waals surface area (Å²) in [6.45, 7) is 22.0. The highest BCUT2D eigenvalue weighted by molar-refractivity contribution is 7.18. The lowest BCUT2D eigenvalue weighted by Gasteiger charge is -2.44. The monoisotopic (exact) mass is 1400 g/mol. The Morgan fingerprint density at radius 3 is 1.26 bits per heavy atom. The van der Waals surface area contributed by atoms with E-state index in [-0.39, 0.29) is 39.6 Å². The normalized spacial score (nSPS) is 14.3. The van der Waals surface area contributed by atoms with Crippen molar-refractivity contribution in [3.63, 3.8) is 0 Å². The van der Waals surface area contributed by atoms with E-state index in [9.17, 15) is 72.5 Å². The van der Waals surface area contributed by atoms with Crippen molar-refractivity contribution in [2.45, 2.75) is 178 Å². The fraction of sp³-hybridized carbons (Fsp3) is 0.508. The third kappa shape index (κ3) is 24.9. The molecule has 3 heterocycles. The Morgan fingerprint density at radius 1 is 0.553 bits per heavy atom. The lowest BCUT2D eigenvalue weighted by atomic mass is 9.73. The molecule has 0 saturated heterocycles. The summed E-state index contributed by atoms with van der Waals surface area (Å²) in [6.07, 6.45) is -13.5. The number of methoxy groups -OCH3 is 5. The molecule has 0 spiro atoms. The van der Waals surface area contributed by atoms with Crippen molar-refractivity contribution >= 4 is 55.3 Å². The number of benzene rings is 3. The van der Waals surface area contributed by atoms with Gasteiger partial charge in [-0.2, -0.15) is 50.6 Å². The largest absolute Gasteiger partial charge is 0.496 e. The Balaban J connectivity index is 0.000000438. The molecule has 0 aliphatic carbocycles. The molecular weight excluding hydrogens is 1320 g/mol. The van der Waals surface area contributed by atoms with Crippen LogP contribution in [-0.4, -0.2) is 124 Å². The van der Waals surface area contributed by atoms with Crippen molar-refractivity contribution in [3.05, 3.63) is 143 Å². The van der Waals surface area contributed by atoms with Gasteiger partial charge in [0.05, 0.1) is 65.8 Å². The van der Waals surface area contributed by atoms with E-state index in [1.54, 1.807) is 44.2 Å². The molecule has 0 radical (unpaired) electrons. The third-order valence-electron chi connectivity index (χ3n) is 14.3. The van der Waals surface area contributed by atoms with Crippen LogP contribution in [0.4, 0.5) is 58.4 Å². The van der Waals surface area contributed by atoms with Gasteiger partial charge in [0.25, 0.3) is 0 Å². The van der Waals surface area contributed by atoms with Crippen LogP contribution in [-0.2, 0) is 46.2 Å². The highest BCUT2D eigenvalue weighted by atomic mass is 35.6. The molecule has 0 fully saturated rings. The zero-order chi connectivity index (χ0) is 72.7. The van der Waals surface area contributed by atoms with Crippen LogP contribution in [0.5, 0.6) is 17.2 Å². The number of rotatable bonds is 20. The summed E-state index contributed by atoms with van der Waals surface area (Å²) in [5.41, 5.74) is -4.16. The number of aliphatic hydroxyl groups is 2. The first-order valence-electron chi connectivity index (χ1n) is 29.0. The van der Waals surface area contributed by atoms with E-state index in [1.165, 1.54) is 106 Å². The Labute approximate surface area is 548 Å². The van der Waals surface area contributed by atoms with E-state index in [0.29, 0.717) is 10.9 Å². The maximum Gasteiger partial charge on any atom is 0.417 e. The number of esters is 2. The minimum atomic E-state index is -5.07. The summed E-state index contributed by atoms with van der Waals surface area (Å²) < 4.78 is 196. The second kappa shape index (κ2) is 32.9. The number of aromatic nitrogens is 3. The number of alkyl halides is 9. The van der Waals surface area contributed by atoms with Crippen molar-refractivity contribution in [1.82, 2.24) is 15.0 Å². The Morgan fingerprint density at radius 2 is 0.926 bits per heavy atom. The zero-order valence-electron chi connectivity index (χ0n) is 56.0. The van der Waals surface area contributed by atoms with E-state index < -0.39 is 135 Å². The highest BCUT2D eigenvalue weighted by Crippen LogP contribution is 2.50. The molecular formula is C65H87ClF12N4O10Si2. The molecule has 3 aromatic carbocycles. The van der Waals surface area contributed by atoms with E-state index >= 15 is 0 Å². The highest BCUT2D eigenvalue weighted by Gasteiger charge is 2.62. The molecule has 14 nitrogen and oxygen atoms in total. The number of anilines is 1. The Bertz CT molecular complexity index is 3370. The van der Waals surface area contributed by atoms with Gasteiger partial charge in [0, 0.05) is 52.8 Å². The van der Waals surface area contributed by atoms with E-state index in [1.807, 2.05) is 13.0 Å². The molecule has 0 bridgehead atoms. The molecule has 0 saturated carbocycles. The van der Waals surface area contributed by atoms with Gasteiger partial charge in [-0.1, -0.05) is 61.2 Å². The number of carbonyl (C=O) groups excluding carboxylic acids is 2. The van der Waals surface area contributed by atoms with Gasteiger partial charge < -0.3 is 49.0 Å². The summed E-state index contributed by atoms with van der Waals surface area (Å²) in [6, 6.07) is 15.9. The number of ether oxygens (including phenoxy) is 5. The second-order valence-corrected chi connectivity index (χ2v) is 38.2. The van der Waals surface area contributed by atoms with Gasteiger partial charge in [-0.05, 0) is 140 Å². The molecule has 0 aliphatic heterocycles. The van der Waals surface area contributed by atoms with Gasteiger partial charge in [0.15, 0.2) is 25.1 Å². The van der Waals surface area contributed by atoms with Gasteiger partial charge in [-0.15, -0.1) is 0 Å². The SMILES string of the molecule is COC(=O)C[C@@](CC(C)(C)c1cc(F)ccc1OC)(O[Si](C)(C)C)C(F)(F)F.COC(=O)C[C@@](O)(CC(C)(C)c1cc(F)ccc1OC)C(F)(F)F.COc1ccc(F)cc1C(C)(C)C[C@@](O)(Cc1cc2ccncc2[nH]1)C(F)(F)F.C[Si](C)(C)Cl.Cc1ccncc1N. The Kier molecular flexibility index (Phi) is 29.2. The van der Waals surface area contributed by atoms with Crippen molar-refractivity contribution < 1.29 is 101 Å². The summed E-state index contributed by atoms with van der Waals surface area (Å²) in [7, 11) is 2.09. The number of nitrogen functional groups attached to an aromatic ring is 1. The van der Waals surface area contributed by atoms with Crippen LogP contribution in [0.25, 0.3) is 10.9 Å². The number of H-pyrrole nitrogens is 1. The van der Waals surface area contributed by atoms with Crippen LogP contribution in [0.15, 0.2) is 97.6 Å². The molecule has 0 unspecified atom stereocenters. The first-order chi connectivity index (χ1) is 42.7. The minimum Gasteiger partial charge on any atom is -0.496 e. The lowest BCUT2D eigenvalue weighted by Crippen LogP contribution is -2.57. The average Bonchev–Trinajstić information content (AvgIpc) is 0.797. The van der Waals surface area contributed by atoms with Crippen molar-refractivity contribution in [2.75, 3.05) is 41.3 Å². The van der Waals surface area contributed by atoms with Crippen LogP contribution >= 0.6 is 11.1 Å². The molecule has 0 amide bonds. The molecule has 3 aromatic heterocycles. The summed E-state index contributed by atoms with van der Waals surface area (Å²) >= 11 is 5.67. The van der Waals surface area contributed by atoms with E-state index in [4.69, 9.17) is 35.4 Å². The van der Waals surface area contributed by atoms with Crippen LogP contribution < -0.4 is 19.9 Å². The fourth-order valence-corrected chi connectivity index (χ4v) is 11.6. The van der Waals surface area contributed by atoms with Gasteiger partial charge in [0.1, 0.15) is 42.1 Å². The number of hydrogen-bond acceptors (Lipinski definition) is 13. The zero-order valence-corrected chi connectivity index (χ0v) is 58.8. The molecule has 94 heavy (non-hydrogen) atoms. The van der Waals surface area contributed by atoms with Crippen LogP contribution in [0, 0.1) is 24.4 Å². The van der Waals surface area contributed by atoms with E-state index in [0.717, 1.165) is 49.7 Å². The Hall–Kier alpha value is -6.60. The molecule has 0 aliphatic rings. The number of halogens is 13. The molecule has 526 valence electrons. The number of aromatic amines is 1. The van der Waals surface area contributed by atoms with E-state index in [2.05, 4.69) is 44.1 Å². The molecule has 29 heteroatoms. The van der Waals surface area contributed by atoms with Gasteiger partial charge in [-0.25, -0.2) is 13.2 Å². The molecule has 6 rings (SSSR count). The summed E-state index contributed by atoms with van der Waals surface area (Å²) in [4.78, 5) is 33.8. The average molecular weight is 1400 g/mol. The fourth-order valence-electron chi connectivity index (χ4n) is 10.1. The number of aryl methyl sites for hydroxylation is 1. The van der Waals surface area contributed by atoms with Gasteiger partial charge >= 0.3 is 30.5 Å². The van der Waals surface area contributed by atoms with Gasteiger partial charge in [0.2, 0.25) is 0 Å². The first-order valence-corrected chi connectivity index (χ1v) is 36.9. The molecule has 6 aromatic rings. The first kappa shape index (κ1) is 83.5. The quantitative estimate of drug-likeness (QED) is 0.0244. The second-order valence-electron chi connectivity index (χ2n) is 26.2. The topological polar surface area (TPSA) is 198 Å². The predicted molar refractivity (Wildman–Crippen MR) is 343 cm³/mol. The number of fused-ring (bicyclic) bond motifs is 1. The predicted octanol–water partition coefficient (Wildman–Crippen LogP) is 16.5. The van der Waals surface area contributed by atoms with Crippen molar-refractivity contribution in [2.24, 2.45) is 0 Å². The standard InChI is InChI=1S/C21H22F4N2O2.C19H28F4O4Si.C16H20F4O4.C6H8N2.C3H9ClSi/c1-19(2,16-9-14(22)4-5-18(16)29-3)12-20(28,21(23,24)25)10-15-8-13-6-7-26-11-17(13)27-15;1-17(2,14-10-13(20)8-9-15(14)25-3)12-18(19(21,22)23,11-16(24)26-4)27-28(5,6)7;1-14(2,11-7-10(17)5-6-12(11)23-3)9-15(22,16(18,19)20)8-13(21)24-4;1-5-2-3-8-4-6(5)7;1-5(2,3)4/h4-9,11,27-28H,10,12H2,1-3H3;8-10H,11-12H2,1-7H3;5-7,22H,8-9H2,1-4H3;2-4H,7H2,1H3;1-3H3/t20-;18-;15-;;/m001../s1. The van der Waals surface area contributed by atoms with Crippen LogP contribution in [0.3, 0.4) is 0 Å². The number of nitrogens with one attached hydrogen (secondary N) is 1.